The fourth-order valence-corrected chi connectivity index (χ4v) is 3.55. The van der Waals surface area contributed by atoms with Crippen LogP contribution in [-0.4, -0.2) is 42.5 Å². The monoisotopic (exact) mass is 379 g/mol. The molecule has 1 saturated heterocycles. The summed E-state index contributed by atoms with van der Waals surface area (Å²) in [7, 11) is 1.43. The molecule has 7 heteroatoms. The number of hydrogen-bond donors (Lipinski definition) is 0. The highest BCUT2D eigenvalue weighted by Crippen LogP contribution is 2.31. The van der Waals surface area contributed by atoms with Gasteiger partial charge < -0.3 is 14.4 Å². The fourth-order valence-electron chi connectivity index (χ4n) is 2.65. The summed E-state index contributed by atoms with van der Waals surface area (Å²) in [6.45, 7) is 1.34. The molecule has 26 heavy (non-hydrogen) atoms. The first-order valence-electron chi connectivity index (χ1n) is 8.20. The van der Waals surface area contributed by atoms with E-state index in [1.807, 2.05) is 0 Å². The molecule has 1 aliphatic heterocycles. The summed E-state index contributed by atoms with van der Waals surface area (Å²) in [5, 5.41) is 0. The largest absolute Gasteiger partial charge is 0.493 e. The molecule has 0 unspecified atom stereocenters. The third kappa shape index (κ3) is 4.27. The van der Waals surface area contributed by atoms with Crippen molar-refractivity contribution in [1.82, 2.24) is 4.90 Å². The maximum absolute atomic E-state index is 14.5. The Kier molecular flexibility index (Phi) is 5.98. The molecule has 0 bridgehead atoms. The van der Waals surface area contributed by atoms with Gasteiger partial charge in [0.1, 0.15) is 18.2 Å². The standard InChI is InChI=1S/C19H19F2NO3S/c1-24-17-10-15(19(23)22-6-8-26-9-7-22)16(21)11-18(17)25-12-13-2-4-14(20)5-3-13/h2-5,10-11H,6-9,12H2,1H3. The number of rotatable bonds is 5. The summed E-state index contributed by atoms with van der Waals surface area (Å²) < 4.78 is 38.3. The van der Waals surface area contributed by atoms with Gasteiger partial charge in [-0.1, -0.05) is 12.1 Å². The molecule has 0 atom stereocenters. The third-order valence-electron chi connectivity index (χ3n) is 4.09. The molecule has 138 valence electrons. The number of halogens is 2. The molecule has 2 aromatic rings. The molecular weight excluding hydrogens is 360 g/mol. The van der Waals surface area contributed by atoms with Crippen LogP contribution in [0.2, 0.25) is 0 Å². The van der Waals surface area contributed by atoms with E-state index in [9.17, 15) is 13.6 Å². The molecular formula is C19H19F2NO3S. The average molecular weight is 379 g/mol. The Morgan fingerprint density at radius 2 is 1.81 bits per heavy atom. The third-order valence-corrected chi connectivity index (χ3v) is 5.03. The van der Waals surface area contributed by atoms with Crippen molar-refractivity contribution in [3.63, 3.8) is 0 Å². The van der Waals surface area contributed by atoms with E-state index in [0.717, 1.165) is 23.1 Å². The number of benzene rings is 2. The Morgan fingerprint density at radius 1 is 1.12 bits per heavy atom. The molecule has 0 aromatic heterocycles. The second-order valence-corrected chi connectivity index (χ2v) is 7.03. The molecule has 0 saturated carbocycles. The van der Waals surface area contributed by atoms with Crippen molar-refractivity contribution in [3.05, 3.63) is 59.2 Å². The Labute approximate surface area is 155 Å². The molecule has 1 fully saturated rings. The number of thioether (sulfide) groups is 1. The Balaban J connectivity index is 1.77. The first kappa shape index (κ1) is 18.5. The molecule has 0 N–H and O–H groups in total. The van der Waals surface area contributed by atoms with Crippen molar-refractivity contribution in [2.75, 3.05) is 31.7 Å². The highest BCUT2D eigenvalue weighted by atomic mass is 32.2. The van der Waals surface area contributed by atoms with Crippen LogP contribution in [0.5, 0.6) is 11.5 Å². The lowest BCUT2D eigenvalue weighted by Gasteiger charge is -2.26. The topological polar surface area (TPSA) is 38.8 Å². The van der Waals surface area contributed by atoms with Crippen molar-refractivity contribution in [1.29, 1.82) is 0 Å². The van der Waals surface area contributed by atoms with Gasteiger partial charge in [0, 0.05) is 30.7 Å². The molecule has 2 aromatic carbocycles. The number of ether oxygens (including phenoxy) is 2. The van der Waals surface area contributed by atoms with Crippen LogP contribution in [0.4, 0.5) is 8.78 Å². The minimum atomic E-state index is -0.650. The van der Waals surface area contributed by atoms with Crippen molar-refractivity contribution >= 4 is 17.7 Å². The van der Waals surface area contributed by atoms with Gasteiger partial charge in [-0.3, -0.25) is 4.79 Å². The van der Waals surface area contributed by atoms with E-state index in [2.05, 4.69) is 0 Å². The van der Waals surface area contributed by atoms with E-state index in [4.69, 9.17) is 9.47 Å². The Morgan fingerprint density at radius 3 is 2.46 bits per heavy atom. The van der Waals surface area contributed by atoms with Gasteiger partial charge in [0.2, 0.25) is 0 Å². The quantitative estimate of drug-likeness (QED) is 0.793. The first-order valence-corrected chi connectivity index (χ1v) is 9.35. The maximum atomic E-state index is 14.5. The average Bonchev–Trinajstić information content (AvgIpc) is 2.68. The van der Waals surface area contributed by atoms with Crippen molar-refractivity contribution < 1.29 is 23.0 Å². The van der Waals surface area contributed by atoms with Crippen molar-refractivity contribution in [2.45, 2.75) is 6.61 Å². The summed E-state index contributed by atoms with van der Waals surface area (Å²) in [6.07, 6.45) is 0. The fraction of sp³-hybridized carbons (Fsp3) is 0.316. The molecule has 1 aliphatic rings. The van der Waals surface area contributed by atoms with Crippen LogP contribution < -0.4 is 9.47 Å². The lowest BCUT2D eigenvalue weighted by molar-refractivity contribution is 0.0767. The van der Waals surface area contributed by atoms with Crippen LogP contribution in [0.3, 0.4) is 0 Å². The Bertz CT molecular complexity index is 777. The second kappa shape index (κ2) is 8.40. The number of methoxy groups -OCH3 is 1. The number of carbonyl (C=O) groups is 1. The van der Waals surface area contributed by atoms with Crippen LogP contribution >= 0.6 is 11.8 Å². The summed E-state index contributed by atoms with van der Waals surface area (Å²) in [5.74, 6) is 0.848. The zero-order valence-electron chi connectivity index (χ0n) is 14.3. The van der Waals surface area contributed by atoms with Crippen LogP contribution in [0.15, 0.2) is 36.4 Å². The second-order valence-electron chi connectivity index (χ2n) is 5.80. The van der Waals surface area contributed by atoms with E-state index in [1.54, 1.807) is 28.8 Å². The molecule has 0 aliphatic carbocycles. The number of amides is 1. The van der Waals surface area contributed by atoms with Gasteiger partial charge in [0.15, 0.2) is 11.5 Å². The van der Waals surface area contributed by atoms with Gasteiger partial charge in [0.05, 0.1) is 12.7 Å². The molecule has 0 spiro atoms. The van der Waals surface area contributed by atoms with Gasteiger partial charge in [-0.05, 0) is 23.8 Å². The summed E-state index contributed by atoms with van der Waals surface area (Å²) >= 11 is 1.78. The molecule has 1 amide bonds. The van der Waals surface area contributed by atoms with Gasteiger partial charge in [-0.2, -0.15) is 11.8 Å². The van der Waals surface area contributed by atoms with Gasteiger partial charge in [-0.25, -0.2) is 8.78 Å². The summed E-state index contributed by atoms with van der Waals surface area (Å²) in [6, 6.07) is 8.37. The van der Waals surface area contributed by atoms with Gasteiger partial charge in [-0.15, -0.1) is 0 Å². The highest BCUT2D eigenvalue weighted by molar-refractivity contribution is 7.99. The van der Waals surface area contributed by atoms with E-state index >= 15 is 0 Å². The Hall–Kier alpha value is -2.28. The normalized spacial score (nSPS) is 14.2. The molecule has 3 rings (SSSR count). The molecule has 4 nitrogen and oxygen atoms in total. The summed E-state index contributed by atoms with van der Waals surface area (Å²) in [4.78, 5) is 14.2. The lowest BCUT2D eigenvalue weighted by Crippen LogP contribution is -2.38. The van der Waals surface area contributed by atoms with Crippen LogP contribution in [0, 0.1) is 11.6 Å². The van der Waals surface area contributed by atoms with Gasteiger partial charge >= 0.3 is 0 Å². The maximum Gasteiger partial charge on any atom is 0.257 e. The zero-order chi connectivity index (χ0) is 18.5. The highest BCUT2D eigenvalue weighted by Gasteiger charge is 2.23. The van der Waals surface area contributed by atoms with Crippen LogP contribution in [0.25, 0.3) is 0 Å². The van der Waals surface area contributed by atoms with Gasteiger partial charge in [0.25, 0.3) is 5.91 Å². The number of carbonyl (C=O) groups excluding carboxylic acids is 1. The minimum Gasteiger partial charge on any atom is -0.493 e. The van der Waals surface area contributed by atoms with Crippen molar-refractivity contribution in [2.24, 2.45) is 0 Å². The predicted octanol–water partition coefficient (Wildman–Crippen LogP) is 3.74. The lowest BCUT2D eigenvalue weighted by atomic mass is 10.1. The molecule has 0 radical (unpaired) electrons. The van der Waals surface area contributed by atoms with E-state index in [0.29, 0.717) is 13.1 Å². The predicted molar refractivity (Wildman–Crippen MR) is 96.9 cm³/mol. The number of nitrogens with zero attached hydrogens (tertiary/aromatic N) is 1. The number of hydrogen-bond acceptors (Lipinski definition) is 4. The van der Waals surface area contributed by atoms with E-state index in [1.165, 1.54) is 25.3 Å². The smallest absolute Gasteiger partial charge is 0.257 e. The SMILES string of the molecule is COc1cc(C(=O)N2CCSCC2)c(F)cc1OCc1ccc(F)cc1. The van der Waals surface area contributed by atoms with E-state index in [-0.39, 0.29) is 35.4 Å². The first-order chi connectivity index (χ1) is 12.6. The zero-order valence-corrected chi connectivity index (χ0v) is 15.2. The van der Waals surface area contributed by atoms with E-state index < -0.39 is 5.82 Å². The van der Waals surface area contributed by atoms with Crippen LogP contribution in [0.1, 0.15) is 15.9 Å². The summed E-state index contributed by atoms with van der Waals surface area (Å²) in [5.41, 5.74) is 0.711. The van der Waals surface area contributed by atoms with Crippen molar-refractivity contribution in [3.8, 4) is 11.5 Å². The van der Waals surface area contributed by atoms with Crippen LogP contribution in [-0.2, 0) is 6.61 Å². The minimum absolute atomic E-state index is 0.0251. The molecule has 1 heterocycles.